The molecule has 0 aliphatic carbocycles. The molecule has 33 heavy (non-hydrogen) atoms. The summed E-state index contributed by atoms with van der Waals surface area (Å²) < 4.78 is 0. The van der Waals surface area contributed by atoms with Crippen LogP contribution in [0.5, 0.6) is 0 Å². The maximum atomic E-state index is 13.0. The van der Waals surface area contributed by atoms with Crippen LogP contribution in [0.4, 0.5) is 0 Å². The number of amides is 2. The minimum Gasteiger partial charge on any atom is -0.352 e. The number of halogens is 1. The maximum absolute atomic E-state index is 13.0. The minimum absolute atomic E-state index is 0.0410. The molecule has 1 N–H and O–H groups in total. The fourth-order valence-corrected chi connectivity index (χ4v) is 5.11. The van der Waals surface area contributed by atoms with Gasteiger partial charge in [0.05, 0.1) is 5.56 Å². The molecule has 2 unspecified atom stereocenters. The summed E-state index contributed by atoms with van der Waals surface area (Å²) in [6.07, 6.45) is 0.874. The average molecular weight is 468 g/mol. The van der Waals surface area contributed by atoms with E-state index in [1.807, 2.05) is 24.0 Å². The van der Waals surface area contributed by atoms with Crippen LogP contribution < -0.4 is 5.32 Å². The van der Waals surface area contributed by atoms with Gasteiger partial charge < -0.3 is 15.1 Å². The second kappa shape index (κ2) is 10.1. The van der Waals surface area contributed by atoms with Crippen molar-refractivity contribution in [2.45, 2.75) is 20.3 Å². The van der Waals surface area contributed by atoms with E-state index >= 15 is 0 Å². The molecule has 2 aromatic rings. The number of nitrogens with zero attached hydrogens (tertiary/aromatic N) is 2. The molecule has 6 nitrogen and oxygen atoms in total. The van der Waals surface area contributed by atoms with Crippen LogP contribution in [0.25, 0.3) is 0 Å². The van der Waals surface area contributed by atoms with Gasteiger partial charge in [-0.25, -0.2) is 0 Å². The second-order valence-electron chi connectivity index (χ2n) is 9.17. The van der Waals surface area contributed by atoms with Crippen molar-refractivity contribution in [2.24, 2.45) is 11.8 Å². The Balaban J connectivity index is 1.22. The van der Waals surface area contributed by atoms with Gasteiger partial charge in [0.25, 0.3) is 11.8 Å². The summed E-state index contributed by atoms with van der Waals surface area (Å²) in [5.74, 6) is 0.698. The summed E-state index contributed by atoms with van der Waals surface area (Å²) in [5, 5.41) is 3.57. The quantitative estimate of drug-likeness (QED) is 0.498. The third-order valence-electron chi connectivity index (χ3n) is 6.76. The van der Waals surface area contributed by atoms with E-state index in [4.69, 9.17) is 11.6 Å². The Kier molecular flexibility index (Phi) is 7.15. The number of carbonyl (C=O) groups excluding carboxylic acids is 3. The average Bonchev–Trinajstić information content (AvgIpc) is 3.37. The number of likely N-dealkylation sites (tertiary alicyclic amines) is 2. The van der Waals surface area contributed by atoms with Gasteiger partial charge in [0.15, 0.2) is 5.78 Å². The highest BCUT2D eigenvalue weighted by Crippen LogP contribution is 2.32. The first-order chi connectivity index (χ1) is 15.8. The molecular weight excluding hydrogens is 438 g/mol. The van der Waals surface area contributed by atoms with E-state index < -0.39 is 0 Å². The Hall–Kier alpha value is -2.70. The highest BCUT2D eigenvalue weighted by molar-refractivity contribution is 6.31. The van der Waals surface area contributed by atoms with Gasteiger partial charge in [-0.15, -0.1) is 0 Å². The number of ketones is 1. The van der Waals surface area contributed by atoms with Crippen molar-refractivity contribution in [2.75, 3.05) is 39.3 Å². The van der Waals surface area contributed by atoms with Crippen molar-refractivity contribution in [3.63, 3.8) is 0 Å². The third-order valence-corrected chi connectivity index (χ3v) is 7.16. The van der Waals surface area contributed by atoms with Gasteiger partial charge in [-0.2, -0.15) is 0 Å². The van der Waals surface area contributed by atoms with Gasteiger partial charge in [-0.1, -0.05) is 35.9 Å². The van der Waals surface area contributed by atoms with Gasteiger partial charge in [0, 0.05) is 48.9 Å². The molecular formula is C26H30ClN3O3. The first-order valence-corrected chi connectivity index (χ1v) is 11.9. The molecule has 2 aliphatic rings. The summed E-state index contributed by atoms with van der Waals surface area (Å²) in [6.45, 7) is 8.34. The number of nitrogens with one attached hydrogen (secondary N) is 1. The van der Waals surface area contributed by atoms with E-state index in [9.17, 15) is 14.4 Å². The van der Waals surface area contributed by atoms with E-state index in [0.717, 1.165) is 44.7 Å². The van der Waals surface area contributed by atoms with Crippen LogP contribution in [0.1, 0.15) is 50.0 Å². The summed E-state index contributed by atoms with van der Waals surface area (Å²) in [5.41, 5.74) is 2.54. The summed E-state index contributed by atoms with van der Waals surface area (Å²) >= 11 is 6.11. The maximum Gasteiger partial charge on any atom is 0.254 e. The number of aryl methyl sites for hydroxylation is 1. The number of hydrogen-bond acceptors (Lipinski definition) is 4. The van der Waals surface area contributed by atoms with Crippen LogP contribution in [0, 0.1) is 18.8 Å². The largest absolute Gasteiger partial charge is 0.352 e. The van der Waals surface area contributed by atoms with E-state index in [2.05, 4.69) is 10.2 Å². The zero-order valence-corrected chi connectivity index (χ0v) is 19.9. The number of fused-ring (bicyclic) bond motifs is 1. The molecule has 7 heteroatoms. The number of carbonyl (C=O) groups is 3. The number of benzene rings is 2. The topological polar surface area (TPSA) is 69.7 Å². The van der Waals surface area contributed by atoms with Gasteiger partial charge in [0.1, 0.15) is 0 Å². The fraction of sp³-hybridized carbons (Fsp3) is 0.423. The Bertz CT molecular complexity index is 1060. The molecule has 2 aliphatic heterocycles. The van der Waals surface area contributed by atoms with Gasteiger partial charge in [0.2, 0.25) is 0 Å². The number of Topliss-reactive ketones (excluding diaryl/α,β-unsaturated/α-hetero) is 1. The molecule has 2 aromatic carbocycles. The second-order valence-corrected chi connectivity index (χ2v) is 9.57. The number of hydrogen-bond donors (Lipinski definition) is 1. The standard InChI is InChI=1S/C26H30ClN3O3/c1-17-8-9-19(12-24(17)27)25(32)28-10-5-11-29-13-20-15-30(16-21(20)14-29)26(33)23-7-4-3-6-22(23)18(2)31/h3-4,6-9,12,20-21H,5,10-11,13-16H2,1-2H3,(H,28,32). The van der Waals surface area contributed by atoms with Crippen molar-refractivity contribution in [3.05, 3.63) is 69.7 Å². The van der Waals surface area contributed by atoms with Gasteiger partial charge >= 0.3 is 0 Å². The fourth-order valence-electron chi connectivity index (χ4n) is 4.93. The van der Waals surface area contributed by atoms with Gasteiger partial charge in [-0.05, 0) is 62.4 Å². The smallest absolute Gasteiger partial charge is 0.254 e. The van der Waals surface area contributed by atoms with E-state index in [1.54, 1.807) is 30.3 Å². The lowest BCUT2D eigenvalue weighted by Crippen LogP contribution is -2.35. The lowest BCUT2D eigenvalue weighted by atomic mass is 10.0. The van der Waals surface area contributed by atoms with E-state index in [0.29, 0.717) is 40.1 Å². The normalized spacial score (nSPS) is 20.0. The van der Waals surface area contributed by atoms with Crippen molar-refractivity contribution >= 4 is 29.2 Å². The highest BCUT2D eigenvalue weighted by Gasteiger charge is 2.41. The molecule has 174 valence electrons. The van der Waals surface area contributed by atoms with Crippen LogP contribution in [-0.2, 0) is 0 Å². The van der Waals surface area contributed by atoms with Crippen LogP contribution in [0.3, 0.4) is 0 Å². The molecule has 0 bridgehead atoms. The molecule has 0 radical (unpaired) electrons. The Morgan fingerprint density at radius 1 is 1.00 bits per heavy atom. The summed E-state index contributed by atoms with van der Waals surface area (Å²) in [6, 6.07) is 12.4. The Morgan fingerprint density at radius 2 is 1.67 bits per heavy atom. The molecule has 2 heterocycles. The lowest BCUT2D eigenvalue weighted by Gasteiger charge is -2.22. The predicted molar refractivity (Wildman–Crippen MR) is 129 cm³/mol. The van der Waals surface area contributed by atoms with Crippen LogP contribution in [0.15, 0.2) is 42.5 Å². The molecule has 0 spiro atoms. The lowest BCUT2D eigenvalue weighted by molar-refractivity contribution is 0.0769. The Morgan fingerprint density at radius 3 is 2.30 bits per heavy atom. The molecule has 2 fully saturated rings. The van der Waals surface area contributed by atoms with Gasteiger partial charge in [-0.3, -0.25) is 14.4 Å². The SMILES string of the molecule is CC(=O)c1ccccc1C(=O)N1CC2CN(CCCNC(=O)c3ccc(C)c(Cl)c3)CC2C1. The first-order valence-electron chi connectivity index (χ1n) is 11.5. The summed E-state index contributed by atoms with van der Waals surface area (Å²) in [4.78, 5) is 41.6. The van der Waals surface area contributed by atoms with E-state index in [1.165, 1.54) is 6.92 Å². The molecule has 0 saturated carbocycles. The van der Waals surface area contributed by atoms with E-state index in [-0.39, 0.29) is 17.6 Å². The zero-order valence-electron chi connectivity index (χ0n) is 19.1. The number of rotatable bonds is 7. The minimum atomic E-state index is -0.102. The van der Waals surface area contributed by atoms with Crippen molar-refractivity contribution in [1.82, 2.24) is 15.1 Å². The first kappa shape index (κ1) is 23.5. The van der Waals surface area contributed by atoms with Crippen LogP contribution in [0.2, 0.25) is 5.02 Å². The highest BCUT2D eigenvalue weighted by atomic mass is 35.5. The predicted octanol–water partition coefficient (Wildman–Crippen LogP) is 3.67. The molecule has 2 saturated heterocycles. The summed E-state index contributed by atoms with van der Waals surface area (Å²) in [7, 11) is 0. The van der Waals surface area contributed by atoms with Crippen LogP contribution in [-0.4, -0.2) is 66.7 Å². The monoisotopic (exact) mass is 467 g/mol. The molecule has 2 atom stereocenters. The van der Waals surface area contributed by atoms with Crippen LogP contribution >= 0.6 is 11.6 Å². The van der Waals surface area contributed by atoms with Crippen molar-refractivity contribution in [1.29, 1.82) is 0 Å². The molecule has 0 aromatic heterocycles. The molecule has 2 amide bonds. The van der Waals surface area contributed by atoms with Crippen molar-refractivity contribution < 1.29 is 14.4 Å². The Labute approximate surface area is 199 Å². The zero-order chi connectivity index (χ0) is 23.5. The molecule has 4 rings (SSSR count). The van der Waals surface area contributed by atoms with Crippen molar-refractivity contribution in [3.8, 4) is 0 Å². The third kappa shape index (κ3) is 5.28.